The van der Waals surface area contributed by atoms with Crippen molar-refractivity contribution in [1.29, 1.82) is 0 Å². The van der Waals surface area contributed by atoms with Crippen molar-refractivity contribution in [2.45, 2.75) is 53.5 Å². The minimum Gasteiger partial charge on any atom is -0.466 e. The number of rotatable bonds is 5. The zero-order valence-corrected chi connectivity index (χ0v) is 10.6. The smallest absolute Gasteiger partial charge is 0.106 e. The van der Waals surface area contributed by atoms with Crippen molar-refractivity contribution in [2.24, 2.45) is 0 Å². The van der Waals surface area contributed by atoms with Crippen LogP contribution in [0.1, 0.15) is 55.4 Å². The van der Waals surface area contributed by atoms with Crippen molar-refractivity contribution in [3.8, 4) is 0 Å². The van der Waals surface area contributed by atoms with E-state index in [2.05, 4.69) is 33.0 Å². The maximum absolute atomic E-state index is 5.68. The molecule has 1 aromatic rings. The van der Waals surface area contributed by atoms with E-state index >= 15 is 0 Å². The lowest BCUT2D eigenvalue weighted by Crippen LogP contribution is -2.21. The zero-order valence-electron chi connectivity index (χ0n) is 10.6. The van der Waals surface area contributed by atoms with Crippen LogP contribution in [0.2, 0.25) is 0 Å². The Balaban J connectivity index is 2.98. The monoisotopic (exact) mass is 209 g/mol. The van der Waals surface area contributed by atoms with Crippen LogP contribution in [-0.2, 0) is 0 Å². The lowest BCUT2D eigenvalue weighted by Gasteiger charge is -2.17. The van der Waals surface area contributed by atoms with Gasteiger partial charge in [0.05, 0.1) is 0 Å². The predicted molar refractivity (Wildman–Crippen MR) is 64.2 cm³/mol. The molecule has 0 aliphatic heterocycles. The summed E-state index contributed by atoms with van der Waals surface area (Å²) in [6, 6.07) is 0.456. The summed E-state index contributed by atoms with van der Waals surface area (Å²) in [7, 11) is 0. The summed E-state index contributed by atoms with van der Waals surface area (Å²) in [4.78, 5) is 0. The van der Waals surface area contributed by atoms with Gasteiger partial charge in [-0.3, -0.25) is 0 Å². The lowest BCUT2D eigenvalue weighted by molar-refractivity contribution is 0.472. The third-order valence-corrected chi connectivity index (χ3v) is 2.99. The van der Waals surface area contributed by atoms with Gasteiger partial charge in [0, 0.05) is 11.6 Å². The van der Waals surface area contributed by atoms with Crippen molar-refractivity contribution in [3.63, 3.8) is 0 Å². The molecule has 1 atom stereocenters. The van der Waals surface area contributed by atoms with E-state index in [0.29, 0.717) is 6.04 Å². The number of furan rings is 1. The van der Waals surface area contributed by atoms with E-state index in [1.807, 2.05) is 6.92 Å². The molecule has 0 fully saturated rings. The third-order valence-electron chi connectivity index (χ3n) is 2.99. The molecule has 1 heterocycles. The van der Waals surface area contributed by atoms with Crippen molar-refractivity contribution < 1.29 is 4.42 Å². The molecule has 1 unspecified atom stereocenters. The lowest BCUT2D eigenvalue weighted by atomic mass is 9.98. The topological polar surface area (TPSA) is 25.2 Å². The van der Waals surface area contributed by atoms with Gasteiger partial charge in [-0.05, 0) is 39.3 Å². The molecule has 0 aliphatic carbocycles. The Hall–Kier alpha value is -0.760. The number of aryl methyl sites for hydroxylation is 2. The third kappa shape index (κ3) is 2.63. The normalized spacial score (nSPS) is 13.1. The molecule has 0 aliphatic rings. The summed E-state index contributed by atoms with van der Waals surface area (Å²) < 4.78 is 5.68. The first-order chi connectivity index (χ1) is 7.11. The second-order valence-corrected chi connectivity index (χ2v) is 4.15. The Labute approximate surface area is 93.1 Å². The van der Waals surface area contributed by atoms with Gasteiger partial charge in [-0.25, -0.2) is 0 Å². The molecular weight excluding hydrogens is 186 g/mol. The van der Waals surface area contributed by atoms with Gasteiger partial charge < -0.3 is 9.73 Å². The summed E-state index contributed by atoms with van der Waals surface area (Å²) in [6.07, 6.45) is 2.37. The molecule has 0 saturated heterocycles. The van der Waals surface area contributed by atoms with Crippen LogP contribution in [-0.4, -0.2) is 6.54 Å². The van der Waals surface area contributed by atoms with Crippen LogP contribution in [0.5, 0.6) is 0 Å². The molecule has 2 nitrogen and oxygen atoms in total. The van der Waals surface area contributed by atoms with Crippen molar-refractivity contribution in [3.05, 3.63) is 22.6 Å². The summed E-state index contributed by atoms with van der Waals surface area (Å²) >= 11 is 0. The molecule has 1 aromatic heterocycles. The summed E-state index contributed by atoms with van der Waals surface area (Å²) in [5.41, 5.74) is 2.68. The number of nitrogens with one attached hydrogen (secondary N) is 1. The Morgan fingerprint density at radius 3 is 2.20 bits per heavy atom. The highest BCUT2D eigenvalue weighted by Crippen LogP contribution is 2.29. The second kappa shape index (κ2) is 5.36. The van der Waals surface area contributed by atoms with Gasteiger partial charge in [0.1, 0.15) is 11.5 Å². The molecule has 0 saturated carbocycles. The van der Waals surface area contributed by atoms with E-state index in [-0.39, 0.29) is 0 Å². The molecule has 1 N–H and O–H groups in total. The zero-order chi connectivity index (χ0) is 11.4. The van der Waals surface area contributed by atoms with Gasteiger partial charge >= 0.3 is 0 Å². The van der Waals surface area contributed by atoms with Gasteiger partial charge in [0.25, 0.3) is 0 Å². The van der Waals surface area contributed by atoms with Crippen LogP contribution in [0.3, 0.4) is 0 Å². The highest BCUT2D eigenvalue weighted by molar-refractivity contribution is 5.34. The number of hydrogen-bond acceptors (Lipinski definition) is 2. The van der Waals surface area contributed by atoms with Crippen LogP contribution >= 0.6 is 0 Å². The van der Waals surface area contributed by atoms with Gasteiger partial charge in [-0.1, -0.05) is 20.3 Å². The SMILES string of the molecule is CCCC(NCC)c1c(C)oc(C)c1C. The van der Waals surface area contributed by atoms with Crippen LogP contribution in [0, 0.1) is 20.8 Å². The maximum Gasteiger partial charge on any atom is 0.106 e. The quantitative estimate of drug-likeness (QED) is 0.800. The average Bonchev–Trinajstić information content (AvgIpc) is 2.41. The predicted octanol–water partition coefficient (Wildman–Crippen LogP) is 3.66. The molecule has 86 valence electrons. The van der Waals surface area contributed by atoms with E-state index in [0.717, 1.165) is 18.1 Å². The van der Waals surface area contributed by atoms with Crippen LogP contribution in [0.15, 0.2) is 4.42 Å². The van der Waals surface area contributed by atoms with Crippen LogP contribution in [0.4, 0.5) is 0 Å². The average molecular weight is 209 g/mol. The molecule has 0 bridgehead atoms. The van der Waals surface area contributed by atoms with E-state index < -0.39 is 0 Å². The van der Waals surface area contributed by atoms with Crippen molar-refractivity contribution in [1.82, 2.24) is 5.32 Å². The van der Waals surface area contributed by atoms with Gasteiger partial charge in [0.2, 0.25) is 0 Å². The molecule has 1 rings (SSSR count). The standard InChI is InChI=1S/C13H23NO/c1-6-8-12(14-7-2)13-9(3)10(4)15-11(13)5/h12,14H,6-8H2,1-5H3. The molecule has 2 heteroatoms. The Morgan fingerprint density at radius 1 is 1.13 bits per heavy atom. The largest absolute Gasteiger partial charge is 0.466 e. The van der Waals surface area contributed by atoms with E-state index in [4.69, 9.17) is 4.42 Å². The molecule has 0 spiro atoms. The minimum absolute atomic E-state index is 0.456. The summed E-state index contributed by atoms with van der Waals surface area (Å²) in [5, 5.41) is 3.53. The molecule has 0 aromatic carbocycles. The van der Waals surface area contributed by atoms with Crippen molar-refractivity contribution in [2.75, 3.05) is 6.54 Å². The summed E-state index contributed by atoms with van der Waals surface area (Å²) in [6.45, 7) is 11.6. The van der Waals surface area contributed by atoms with Gasteiger partial charge in [0.15, 0.2) is 0 Å². The highest BCUT2D eigenvalue weighted by Gasteiger charge is 2.19. The molecule has 15 heavy (non-hydrogen) atoms. The fraction of sp³-hybridized carbons (Fsp3) is 0.692. The highest BCUT2D eigenvalue weighted by atomic mass is 16.3. The first-order valence-electron chi connectivity index (χ1n) is 5.91. The first kappa shape index (κ1) is 12.3. The van der Waals surface area contributed by atoms with Gasteiger partial charge in [-0.2, -0.15) is 0 Å². The fourth-order valence-corrected chi connectivity index (χ4v) is 2.21. The van der Waals surface area contributed by atoms with E-state index in [9.17, 15) is 0 Å². The van der Waals surface area contributed by atoms with Crippen LogP contribution in [0.25, 0.3) is 0 Å². The Bertz CT molecular complexity index is 309. The molecule has 0 amide bonds. The van der Waals surface area contributed by atoms with Gasteiger partial charge in [-0.15, -0.1) is 0 Å². The van der Waals surface area contributed by atoms with Crippen molar-refractivity contribution >= 4 is 0 Å². The second-order valence-electron chi connectivity index (χ2n) is 4.15. The Kier molecular flexibility index (Phi) is 4.40. The number of hydrogen-bond donors (Lipinski definition) is 1. The first-order valence-corrected chi connectivity index (χ1v) is 5.91. The van der Waals surface area contributed by atoms with Crippen LogP contribution < -0.4 is 5.32 Å². The Morgan fingerprint density at radius 2 is 1.80 bits per heavy atom. The summed E-state index contributed by atoms with van der Waals surface area (Å²) in [5.74, 6) is 2.13. The molecule has 0 radical (unpaired) electrons. The fourth-order valence-electron chi connectivity index (χ4n) is 2.21. The van der Waals surface area contributed by atoms with E-state index in [1.54, 1.807) is 0 Å². The molecular formula is C13H23NO. The van der Waals surface area contributed by atoms with E-state index in [1.165, 1.54) is 24.0 Å². The maximum atomic E-state index is 5.68. The minimum atomic E-state index is 0.456.